The Balaban J connectivity index is 1.36. The topological polar surface area (TPSA) is 112 Å². The quantitative estimate of drug-likeness (QED) is 0.184. The Hall–Kier alpha value is -5.38. The third-order valence-electron chi connectivity index (χ3n) is 8.56. The maximum Gasteiger partial charge on any atom is 0.574 e. The van der Waals surface area contributed by atoms with Crippen molar-refractivity contribution in [3.63, 3.8) is 0 Å². The average Bonchev–Trinajstić information content (AvgIpc) is 3.53. The van der Waals surface area contributed by atoms with Gasteiger partial charge in [-0.15, -0.1) is 0 Å². The SMILES string of the molecule is CN1C(=O)c2ccc(C(c3ccccc3)(c3ccc4c(c3)C(=O)[N]([Al][N]3C(=O)c5ccccc5C3=O)C4=O)C(F)(F)F)cc2C1=O. The molecule has 0 aliphatic carbocycles. The third-order valence-corrected chi connectivity index (χ3v) is 9.96. The number of hydrogen-bond acceptors (Lipinski definition) is 6. The van der Waals surface area contributed by atoms with Gasteiger partial charge in [-0.2, -0.15) is 13.2 Å². The fraction of sp³-hybridized carbons (Fsp3) is 0.0909. The first-order valence-corrected chi connectivity index (χ1v) is 14.8. The number of carbonyl (C=O) groups is 6. The summed E-state index contributed by atoms with van der Waals surface area (Å²) in [5.74, 6) is -4.56. The van der Waals surface area contributed by atoms with E-state index >= 15 is 13.2 Å². The van der Waals surface area contributed by atoms with E-state index in [4.69, 9.17) is 0 Å². The highest BCUT2D eigenvalue weighted by Gasteiger charge is 2.59. The molecule has 1 radical (unpaired) electrons. The first kappa shape index (κ1) is 29.3. The summed E-state index contributed by atoms with van der Waals surface area (Å²) in [4.78, 5) is 79.1. The summed E-state index contributed by atoms with van der Waals surface area (Å²) in [6, 6.07) is 19.5. The van der Waals surface area contributed by atoms with Crippen LogP contribution in [0.2, 0.25) is 0 Å². The van der Waals surface area contributed by atoms with Crippen molar-refractivity contribution < 1.29 is 41.9 Å². The molecule has 0 aromatic heterocycles. The minimum atomic E-state index is -5.06. The van der Waals surface area contributed by atoms with Gasteiger partial charge in [-0.25, -0.2) is 0 Å². The zero-order valence-electron chi connectivity index (χ0n) is 23.7. The molecular formula is C33H18AlF3N3O6. The van der Waals surface area contributed by atoms with Gasteiger partial charge in [-0.3, -0.25) is 33.7 Å². The molecule has 1 unspecified atom stereocenters. The van der Waals surface area contributed by atoms with Gasteiger partial charge >= 0.3 is 21.8 Å². The van der Waals surface area contributed by atoms with Gasteiger partial charge < -0.3 is 7.77 Å². The summed E-state index contributed by atoms with van der Waals surface area (Å²) in [5.41, 5.74) is -4.50. The minimum Gasteiger partial charge on any atom is -0.353 e. The molecule has 3 heterocycles. The van der Waals surface area contributed by atoms with E-state index < -0.39 is 68.3 Å². The molecule has 3 aliphatic rings. The summed E-state index contributed by atoms with van der Waals surface area (Å²) in [6.07, 6.45) is -5.06. The van der Waals surface area contributed by atoms with Crippen molar-refractivity contribution in [3.05, 3.63) is 141 Å². The van der Waals surface area contributed by atoms with Crippen molar-refractivity contribution in [2.24, 2.45) is 0 Å². The summed E-state index contributed by atoms with van der Waals surface area (Å²) >= 11 is -1.72. The van der Waals surface area contributed by atoms with Crippen molar-refractivity contribution in [2.75, 3.05) is 7.05 Å². The highest BCUT2D eigenvalue weighted by Crippen LogP contribution is 2.52. The molecule has 6 amide bonds. The molecule has 9 nitrogen and oxygen atoms in total. The summed E-state index contributed by atoms with van der Waals surface area (Å²) in [5, 5.41) is 0. The van der Waals surface area contributed by atoms with E-state index in [9.17, 15) is 28.8 Å². The number of hydrogen-bond donors (Lipinski definition) is 0. The first-order valence-electron chi connectivity index (χ1n) is 13.8. The predicted molar refractivity (Wildman–Crippen MR) is 155 cm³/mol. The predicted octanol–water partition coefficient (Wildman–Crippen LogP) is 4.24. The Labute approximate surface area is 265 Å². The molecule has 0 saturated carbocycles. The number of rotatable bonds is 5. The Morgan fingerprint density at radius 1 is 0.478 bits per heavy atom. The molecule has 0 bridgehead atoms. The minimum absolute atomic E-state index is 0.0399. The number of halogens is 3. The van der Waals surface area contributed by atoms with Crippen LogP contribution in [0.4, 0.5) is 13.2 Å². The van der Waals surface area contributed by atoms with E-state index in [-0.39, 0.29) is 44.5 Å². The van der Waals surface area contributed by atoms with Gasteiger partial charge in [0.15, 0.2) is 0 Å². The Bertz CT molecular complexity index is 2050. The third kappa shape index (κ3) is 3.89. The van der Waals surface area contributed by atoms with Crippen molar-refractivity contribution >= 4 is 51.1 Å². The lowest BCUT2D eigenvalue weighted by atomic mass is 9.68. The second-order valence-electron chi connectivity index (χ2n) is 10.9. The number of nitrogens with zero attached hydrogens (tertiary/aromatic N) is 3. The number of benzene rings is 4. The van der Waals surface area contributed by atoms with Gasteiger partial charge in [0.2, 0.25) is 23.6 Å². The van der Waals surface area contributed by atoms with E-state index in [0.29, 0.717) is 0 Å². The molecule has 0 spiro atoms. The van der Waals surface area contributed by atoms with Gasteiger partial charge in [0.25, 0.3) is 11.8 Å². The Kier molecular flexibility index (Phi) is 6.42. The normalized spacial score (nSPS) is 17.0. The summed E-state index contributed by atoms with van der Waals surface area (Å²) in [6.45, 7) is 0. The lowest BCUT2D eigenvalue weighted by Crippen LogP contribution is -2.47. The molecule has 3 aliphatic heterocycles. The highest BCUT2D eigenvalue weighted by molar-refractivity contribution is 6.54. The molecule has 1 atom stereocenters. The van der Waals surface area contributed by atoms with Crippen LogP contribution in [0.5, 0.6) is 0 Å². The van der Waals surface area contributed by atoms with Crippen LogP contribution in [0.3, 0.4) is 0 Å². The average molecular weight is 636 g/mol. The van der Waals surface area contributed by atoms with E-state index in [1.54, 1.807) is 12.1 Å². The monoisotopic (exact) mass is 636 g/mol. The molecule has 0 saturated heterocycles. The number of imide groups is 3. The van der Waals surface area contributed by atoms with Crippen LogP contribution in [0.15, 0.2) is 91.0 Å². The second kappa shape index (κ2) is 10.1. The standard InChI is InChI=1S/C25H15F3N2O4.C8H5NO2.Al/c1-30-22(33)17-10-8-15(12-19(17)23(30)34)24(25(26,27)28,13-5-3-2-4-6-13)14-7-9-16-18(11-14)21(32)29-20(16)31;10-7-5-3-1-2-4-6(5)8(11)9-7;/h2-12H,1H3,(H,29,31,32);1-4H,(H,9,10,11);/q;;+2/p-2. The van der Waals surface area contributed by atoms with Gasteiger partial charge in [0.1, 0.15) is 5.41 Å². The van der Waals surface area contributed by atoms with Crippen molar-refractivity contribution in [2.45, 2.75) is 11.6 Å². The van der Waals surface area contributed by atoms with Crippen LogP contribution in [-0.2, 0) is 5.41 Å². The summed E-state index contributed by atoms with van der Waals surface area (Å²) in [7, 11) is 1.23. The maximum atomic E-state index is 15.7. The van der Waals surface area contributed by atoms with Gasteiger partial charge in [0.05, 0.1) is 33.4 Å². The fourth-order valence-corrected chi connectivity index (χ4v) is 7.51. The van der Waals surface area contributed by atoms with Crippen molar-refractivity contribution in [1.29, 1.82) is 0 Å². The number of carbonyl (C=O) groups excluding carboxylic acids is 6. The zero-order chi connectivity index (χ0) is 32.7. The fourth-order valence-electron chi connectivity index (χ4n) is 6.30. The van der Waals surface area contributed by atoms with E-state index in [2.05, 4.69) is 0 Å². The van der Waals surface area contributed by atoms with Crippen molar-refractivity contribution in [1.82, 2.24) is 12.7 Å². The maximum absolute atomic E-state index is 15.7. The molecule has 0 N–H and O–H groups in total. The van der Waals surface area contributed by atoms with Crippen molar-refractivity contribution in [3.8, 4) is 0 Å². The molecular weight excluding hydrogens is 618 g/mol. The molecule has 7 rings (SSSR count). The molecule has 13 heteroatoms. The summed E-state index contributed by atoms with van der Waals surface area (Å²) < 4.78 is 48.7. The molecule has 4 aromatic rings. The number of amides is 6. The molecule has 46 heavy (non-hydrogen) atoms. The second-order valence-corrected chi connectivity index (χ2v) is 12.2. The number of fused-ring (bicyclic) bond motifs is 3. The van der Waals surface area contributed by atoms with Crippen LogP contribution in [-0.4, -0.2) is 77.0 Å². The van der Waals surface area contributed by atoms with Crippen LogP contribution < -0.4 is 0 Å². The van der Waals surface area contributed by atoms with Crippen LogP contribution in [0.1, 0.15) is 78.8 Å². The van der Waals surface area contributed by atoms with Crippen LogP contribution in [0.25, 0.3) is 0 Å². The largest absolute Gasteiger partial charge is 0.574 e. The van der Waals surface area contributed by atoms with E-state index in [1.807, 2.05) is 0 Å². The van der Waals surface area contributed by atoms with Crippen LogP contribution >= 0.6 is 0 Å². The lowest BCUT2D eigenvalue weighted by molar-refractivity contribution is -0.166. The van der Waals surface area contributed by atoms with Gasteiger partial charge in [0, 0.05) is 7.05 Å². The lowest BCUT2D eigenvalue weighted by Gasteiger charge is -2.38. The van der Waals surface area contributed by atoms with E-state index in [0.717, 1.165) is 43.0 Å². The molecule has 0 fully saturated rings. The first-order chi connectivity index (χ1) is 21.9. The Morgan fingerprint density at radius 2 is 0.870 bits per heavy atom. The van der Waals surface area contributed by atoms with Crippen LogP contribution in [0, 0.1) is 0 Å². The zero-order valence-corrected chi connectivity index (χ0v) is 24.8. The van der Waals surface area contributed by atoms with Gasteiger partial charge in [-0.05, 0) is 53.1 Å². The number of alkyl halides is 3. The van der Waals surface area contributed by atoms with E-state index in [1.165, 1.54) is 55.6 Å². The molecule has 225 valence electrons. The highest BCUT2D eigenvalue weighted by atomic mass is 27.1. The van der Waals surface area contributed by atoms with Gasteiger partial charge in [-0.1, -0.05) is 54.6 Å². The molecule has 4 aromatic carbocycles. The Morgan fingerprint density at radius 3 is 1.37 bits per heavy atom. The smallest absolute Gasteiger partial charge is 0.353 e.